The van der Waals surface area contributed by atoms with E-state index in [1.807, 2.05) is 0 Å². The highest BCUT2D eigenvalue weighted by Gasteiger charge is 2.38. The topological polar surface area (TPSA) is 55.1 Å². The fraction of sp³-hybridized carbons (Fsp3) is 0.727. The number of allylic oxidation sites excluding steroid dienone is 2. The smallest absolute Gasteiger partial charge is 0.312 e. The van der Waals surface area contributed by atoms with E-state index in [9.17, 15) is 4.79 Å². The average molecular weight is 194 g/mol. The lowest BCUT2D eigenvalue weighted by Crippen LogP contribution is -2.35. The number of urea groups is 1. The van der Waals surface area contributed by atoms with Crippen LogP contribution in [0.4, 0.5) is 4.79 Å². The molecule has 0 radical (unpaired) electrons. The van der Waals surface area contributed by atoms with Gasteiger partial charge in [0.2, 0.25) is 0 Å². The highest BCUT2D eigenvalue weighted by atomic mass is 16.2. The summed E-state index contributed by atoms with van der Waals surface area (Å²) in [6.45, 7) is 2.92. The van der Waals surface area contributed by atoms with Crippen LogP contribution in [0.25, 0.3) is 0 Å². The molecule has 2 bridgehead atoms. The van der Waals surface area contributed by atoms with Crippen LogP contribution in [0.5, 0.6) is 0 Å². The van der Waals surface area contributed by atoms with E-state index < -0.39 is 6.03 Å². The molecule has 2 aliphatic rings. The maximum Gasteiger partial charge on any atom is 0.312 e. The molecule has 0 aromatic rings. The van der Waals surface area contributed by atoms with Crippen molar-refractivity contribution in [2.75, 3.05) is 6.54 Å². The minimum Gasteiger partial charge on any atom is -0.352 e. The molecule has 4 unspecified atom stereocenters. The Kier molecular flexibility index (Phi) is 2.48. The standard InChI is InChI=1S/C11H18N2O/c1-7(6-13-11(12)14)10-5-8-2-3-9(10)4-8/h2-3,7-10H,4-6H2,1H3,(H3,12,13,14). The van der Waals surface area contributed by atoms with Gasteiger partial charge in [-0.25, -0.2) is 4.79 Å². The van der Waals surface area contributed by atoms with Crippen LogP contribution in [-0.4, -0.2) is 12.6 Å². The third-order valence-corrected chi connectivity index (χ3v) is 3.66. The van der Waals surface area contributed by atoms with Gasteiger partial charge < -0.3 is 11.1 Å². The Morgan fingerprint density at radius 2 is 2.36 bits per heavy atom. The predicted octanol–water partition coefficient (Wildman–Crippen LogP) is 1.50. The predicted molar refractivity (Wildman–Crippen MR) is 55.6 cm³/mol. The lowest BCUT2D eigenvalue weighted by atomic mass is 9.83. The second-order valence-electron chi connectivity index (χ2n) is 4.67. The van der Waals surface area contributed by atoms with E-state index in [0.717, 1.165) is 24.3 Å². The summed E-state index contributed by atoms with van der Waals surface area (Å²) in [4.78, 5) is 10.6. The minimum atomic E-state index is -0.407. The summed E-state index contributed by atoms with van der Waals surface area (Å²) in [5.74, 6) is 2.85. The van der Waals surface area contributed by atoms with Crippen molar-refractivity contribution < 1.29 is 4.79 Å². The van der Waals surface area contributed by atoms with Gasteiger partial charge in [-0.2, -0.15) is 0 Å². The minimum absolute atomic E-state index is 0.407. The SMILES string of the molecule is CC(CNC(N)=O)C1CC2C=CC1C2. The van der Waals surface area contributed by atoms with Gasteiger partial charge in [-0.15, -0.1) is 0 Å². The van der Waals surface area contributed by atoms with Crippen molar-refractivity contribution in [2.45, 2.75) is 19.8 Å². The molecule has 0 saturated heterocycles. The highest BCUT2D eigenvalue weighted by molar-refractivity contribution is 5.71. The Morgan fingerprint density at radius 3 is 2.86 bits per heavy atom. The lowest BCUT2D eigenvalue weighted by molar-refractivity contribution is 0.241. The van der Waals surface area contributed by atoms with E-state index in [2.05, 4.69) is 24.4 Å². The molecular weight excluding hydrogens is 176 g/mol. The molecule has 1 saturated carbocycles. The number of carbonyl (C=O) groups excluding carboxylic acids is 1. The molecule has 3 nitrogen and oxygen atoms in total. The van der Waals surface area contributed by atoms with Crippen LogP contribution < -0.4 is 11.1 Å². The van der Waals surface area contributed by atoms with Crippen molar-refractivity contribution >= 4 is 6.03 Å². The van der Waals surface area contributed by atoms with Crippen LogP contribution in [0, 0.1) is 23.7 Å². The number of hydrogen-bond acceptors (Lipinski definition) is 1. The first-order chi connectivity index (χ1) is 6.66. The summed E-state index contributed by atoms with van der Waals surface area (Å²) in [5.41, 5.74) is 5.05. The highest BCUT2D eigenvalue weighted by Crippen LogP contribution is 2.46. The Balaban J connectivity index is 1.84. The number of nitrogens with one attached hydrogen (secondary N) is 1. The Bertz CT molecular complexity index is 262. The van der Waals surface area contributed by atoms with Crippen LogP contribution in [0.1, 0.15) is 19.8 Å². The van der Waals surface area contributed by atoms with Crippen LogP contribution >= 0.6 is 0 Å². The van der Waals surface area contributed by atoms with Gasteiger partial charge in [0.05, 0.1) is 0 Å². The Morgan fingerprint density at radius 1 is 1.57 bits per heavy atom. The van der Waals surface area contributed by atoms with Gasteiger partial charge in [0.1, 0.15) is 0 Å². The second kappa shape index (κ2) is 3.64. The zero-order chi connectivity index (χ0) is 10.1. The number of hydrogen-bond donors (Lipinski definition) is 2. The summed E-state index contributed by atoms with van der Waals surface area (Å²) in [7, 11) is 0. The van der Waals surface area contributed by atoms with Crippen molar-refractivity contribution in [3.8, 4) is 0 Å². The first-order valence-corrected chi connectivity index (χ1v) is 5.38. The van der Waals surface area contributed by atoms with Gasteiger partial charge >= 0.3 is 6.03 Å². The summed E-state index contributed by atoms with van der Waals surface area (Å²) < 4.78 is 0. The van der Waals surface area contributed by atoms with Crippen LogP contribution in [0.2, 0.25) is 0 Å². The van der Waals surface area contributed by atoms with Crippen molar-refractivity contribution in [3.63, 3.8) is 0 Å². The van der Waals surface area contributed by atoms with Gasteiger partial charge in [0.15, 0.2) is 0 Å². The van der Waals surface area contributed by atoms with Gasteiger partial charge in [0, 0.05) is 6.54 Å². The fourth-order valence-corrected chi connectivity index (χ4v) is 2.89. The first kappa shape index (κ1) is 9.56. The van der Waals surface area contributed by atoms with Gasteiger partial charge in [-0.3, -0.25) is 0 Å². The maximum absolute atomic E-state index is 10.6. The second-order valence-corrected chi connectivity index (χ2v) is 4.67. The maximum atomic E-state index is 10.6. The first-order valence-electron chi connectivity index (χ1n) is 5.38. The van der Waals surface area contributed by atoms with Crippen molar-refractivity contribution in [1.29, 1.82) is 0 Å². The third kappa shape index (κ3) is 1.76. The van der Waals surface area contributed by atoms with Crippen molar-refractivity contribution in [2.24, 2.45) is 29.4 Å². The van der Waals surface area contributed by atoms with Crippen molar-refractivity contribution in [3.05, 3.63) is 12.2 Å². The van der Waals surface area contributed by atoms with E-state index in [-0.39, 0.29) is 0 Å². The molecule has 0 aromatic heterocycles. The average Bonchev–Trinajstić information content (AvgIpc) is 2.74. The molecule has 0 heterocycles. The largest absolute Gasteiger partial charge is 0.352 e. The van der Waals surface area contributed by atoms with Gasteiger partial charge in [0.25, 0.3) is 0 Å². The van der Waals surface area contributed by atoms with E-state index in [4.69, 9.17) is 5.73 Å². The summed E-state index contributed by atoms with van der Waals surface area (Å²) in [6, 6.07) is -0.407. The summed E-state index contributed by atoms with van der Waals surface area (Å²) in [6.07, 6.45) is 7.31. The van der Waals surface area contributed by atoms with Gasteiger partial charge in [-0.1, -0.05) is 19.1 Å². The lowest BCUT2D eigenvalue weighted by Gasteiger charge is -2.25. The molecule has 4 atom stereocenters. The molecule has 0 aromatic carbocycles. The zero-order valence-corrected chi connectivity index (χ0v) is 8.57. The van der Waals surface area contributed by atoms with E-state index >= 15 is 0 Å². The quantitative estimate of drug-likeness (QED) is 0.657. The summed E-state index contributed by atoms with van der Waals surface area (Å²) >= 11 is 0. The number of rotatable bonds is 3. The third-order valence-electron chi connectivity index (χ3n) is 3.66. The van der Waals surface area contributed by atoms with Crippen LogP contribution in [0.3, 0.4) is 0 Å². The number of amides is 2. The van der Waals surface area contributed by atoms with Crippen LogP contribution in [0.15, 0.2) is 12.2 Å². The fourth-order valence-electron chi connectivity index (χ4n) is 2.89. The molecule has 14 heavy (non-hydrogen) atoms. The number of fused-ring (bicyclic) bond motifs is 2. The van der Waals surface area contributed by atoms with E-state index in [1.54, 1.807) is 0 Å². The monoisotopic (exact) mass is 194 g/mol. The number of nitrogens with two attached hydrogens (primary N) is 1. The molecule has 2 amide bonds. The van der Waals surface area contributed by atoms with Crippen molar-refractivity contribution in [1.82, 2.24) is 5.32 Å². The van der Waals surface area contributed by atoms with E-state index in [0.29, 0.717) is 5.92 Å². The molecule has 3 heteroatoms. The number of carbonyl (C=O) groups is 1. The molecule has 78 valence electrons. The molecule has 2 rings (SSSR count). The van der Waals surface area contributed by atoms with Gasteiger partial charge in [-0.05, 0) is 36.5 Å². The molecule has 3 N–H and O–H groups in total. The Labute approximate surface area is 84.7 Å². The summed E-state index contributed by atoms with van der Waals surface area (Å²) in [5, 5.41) is 2.70. The molecule has 2 aliphatic carbocycles. The normalized spacial score (nSPS) is 35.9. The molecule has 1 fully saturated rings. The van der Waals surface area contributed by atoms with Crippen LogP contribution in [-0.2, 0) is 0 Å². The Hall–Kier alpha value is -0.990. The molecule has 0 spiro atoms. The molecule has 0 aliphatic heterocycles. The molecular formula is C11H18N2O. The number of primary amides is 1. The zero-order valence-electron chi connectivity index (χ0n) is 8.57. The van der Waals surface area contributed by atoms with E-state index in [1.165, 1.54) is 12.8 Å².